The number of carbonyl (C=O) groups excluding carboxylic acids is 1. The van der Waals surface area contributed by atoms with E-state index in [0.29, 0.717) is 19.5 Å². The molecule has 0 aliphatic carbocycles. The third-order valence-corrected chi connectivity index (χ3v) is 2.26. The van der Waals surface area contributed by atoms with E-state index in [1.54, 1.807) is 0 Å². The molecule has 1 aromatic rings. The van der Waals surface area contributed by atoms with Gasteiger partial charge in [-0.1, -0.05) is 12.1 Å². The molecular weight excluding hydrogens is 261 g/mol. The molecule has 0 aromatic heterocycles. The van der Waals surface area contributed by atoms with E-state index in [9.17, 15) is 18.0 Å². The van der Waals surface area contributed by atoms with E-state index < -0.39 is 6.36 Å². The summed E-state index contributed by atoms with van der Waals surface area (Å²) in [6.07, 6.45) is -3.98. The summed E-state index contributed by atoms with van der Waals surface area (Å²) in [4.78, 5) is 11.3. The fourth-order valence-electron chi connectivity index (χ4n) is 1.42. The largest absolute Gasteiger partial charge is 0.573 e. The molecule has 0 heterocycles. The minimum Gasteiger partial charge on any atom is -0.406 e. The molecule has 0 radical (unpaired) electrons. The van der Waals surface area contributed by atoms with Crippen LogP contribution in [0.3, 0.4) is 0 Å². The second-order valence-corrected chi connectivity index (χ2v) is 3.83. The summed E-state index contributed by atoms with van der Waals surface area (Å²) < 4.78 is 39.5. The molecular formula is C12H15F3N2O2. The summed E-state index contributed by atoms with van der Waals surface area (Å²) in [7, 11) is 0. The average molecular weight is 276 g/mol. The van der Waals surface area contributed by atoms with Gasteiger partial charge in [0, 0.05) is 19.5 Å². The van der Waals surface area contributed by atoms with Crippen molar-refractivity contribution in [1.29, 1.82) is 0 Å². The summed E-state index contributed by atoms with van der Waals surface area (Å²) >= 11 is 0. The highest BCUT2D eigenvalue weighted by Gasteiger charge is 2.30. The lowest BCUT2D eigenvalue weighted by Crippen LogP contribution is -2.29. The first-order chi connectivity index (χ1) is 8.90. The maximum atomic E-state index is 11.9. The van der Waals surface area contributed by atoms with Crippen LogP contribution in [0.15, 0.2) is 24.3 Å². The van der Waals surface area contributed by atoms with Crippen molar-refractivity contribution in [2.24, 2.45) is 5.73 Å². The number of halogens is 3. The van der Waals surface area contributed by atoms with E-state index in [-0.39, 0.29) is 18.1 Å². The van der Waals surface area contributed by atoms with Gasteiger partial charge in [-0.3, -0.25) is 4.79 Å². The van der Waals surface area contributed by atoms with Crippen molar-refractivity contribution in [2.75, 3.05) is 13.1 Å². The molecule has 0 aliphatic heterocycles. The van der Waals surface area contributed by atoms with Crippen LogP contribution in [0.25, 0.3) is 0 Å². The highest BCUT2D eigenvalue weighted by atomic mass is 19.4. The Morgan fingerprint density at radius 2 is 1.89 bits per heavy atom. The topological polar surface area (TPSA) is 64.3 Å². The third-order valence-electron chi connectivity index (χ3n) is 2.26. The van der Waals surface area contributed by atoms with Gasteiger partial charge in [0.15, 0.2) is 0 Å². The highest BCUT2D eigenvalue weighted by Crippen LogP contribution is 2.22. The van der Waals surface area contributed by atoms with E-state index in [2.05, 4.69) is 10.1 Å². The number of benzene rings is 1. The molecule has 4 nitrogen and oxygen atoms in total. The van der Waals surface area contributed by atoms with Crippen LogP contribution in [0.5, 0.6) is 5.75 Å². The maximum absolute atomic E-state index is 11.9. The molecule has 7 heteroatoms. The molecule has 0 saturated heterocycles. The van der Waals surface area contributed by atoms with Crippen LogP contribution in [-0.4, -0.2) is 25.4 Å². The Kier molecular flexibility index (Phi) is 5.62. The lowest BCUT2D eigenvalue weighted by atomic mass is 10.1. The summed E-state index contributed by atoms with van der Waals surface area (Å²) in [6, 6.07) is 5.44. The predicted octanol–water partition coefficient (Wildman–Crippen LogP) is 1.59. The van der Waals surface area contributed by atoms with Crippen molar-refractivity contribution in [2.45, 2.75) is 19.2 Å². The van der Waals surface area contributed by atoms with Gasteiger partial charge in [0.05, 0.1) is 0 Å². The van der Waals surface area contributed by atoms with Crippen molar-refractivity contribution in [3.8, 4) is 5.75 Å². The molecule has 1 rings (SSSR count). The van der Waals surface area contributed by atoms with Crippen LogP contribution in [-0.2, 0) is 11.2 Å². The monoisotopic (exact) mass is 276 g/mol. The number of nitrogens with two attached hydrogens (primary N) is 1. The Morgan fingerprint density at radius 3 is 2.42 bits per heavy atom. The second-order valence-electron chi connectivity index (χ2n) is 3.83. The van der Waals surface area contributed by atoms with Gasteiger partial charge in [-0.2, -0.15) is 0 Å². The zero-order valence-electron chi connectivity index (χ0n) is 10.2. The van der Waals surface area contributed by atoms with E-state index in [4.69, 9.17) is 5.73 Å². The normalized spacial score (nSPS) is 11.2. The third kappa shape index (κ3) is 6.66. The fourth-order valence-corrected chi connectivity index (χ4v) is 1.42. The summed E-state index contributed by atoms with van der Waals surface area (Å²) in [6.45, 7) is 0.784. The van der Waals surface area contributed by atoms with Crippen molar-refractivity contribution in [3.63, 3.8) is 0 Å². The number of alkyl halides is 3. The zero-order chi connectivity index (χ0) is 14.3. The van der Waals surface area contributed by atoms with Crippen LogP contribution in [0, 0.1) is 0 Å². The lowest BCUT2D eigenvalue weighted by molar-refractivity contribution is -0.274. The molecule has 0 fully saturated rings. The van der Waals surface area contributed by atoms with Gasteiger partial charge in [-0.05, 0) is 24.1 Å². The van der Waals surface area contributed by atoms with Crippen LogP contribution in [0.1, 0.15) is 12.0 Å². The van der Waals surface area contributed by atoms with E-state index in [1.165, 1.54) is 24.3 Å². The number of rotatable bonds is 6. The number of carbonyl (C=O) groups is 1. The lowest BCUT2D eigenvalue weighted by Gasteiger charge is -2.09. The minimum absolute atomic E-state index is 0.138. The molecule has 3 N–H and O–H groups in total. The number of hydrogen-bond donors (Lipinski definition) is 2. The van der Waals surface area contributed by atoms with E-state index >= 15 is 0 Å². The first kappa shape index (κ1) is 15.3. The molecule has 1 amide bonds. The van der Waals surface area contributed by atoms with Gasteiger partial charge in [0.25, 0.3) is 0 Å². The Balaban J connectivity index is 2.42. The standard InChI is InChI=1S/C12H15F3N2O2/c13-12(14,15)19-10-4-1-9(2-5-10)3-6-11(18)17-8-7-16/h1-2,4-5H,3,6-8,16H2,(H,17,18). The smallest absolute Gasteiger partial charge is 0.406 e. The summed E-state index contributed by atoms with van der Waals surface area (Å²) in [5.74, 6) is -0.412. The van der Waals surface area contributed by atoms with Crippen molar-refractivity contribution < 1.29 is 22.7 Å². The van der Waals surface area contributed by atoms with Gasteiger partial charge < -0.3 is 15.8 Å². The van der Waals surface area contributed by atoms with E-state index in [0.717, 1.165) is 5.56 Å². The zero-order valence-corrected chi connectivity index (χ0v) is 10.2. The minimum atomic E-state index is -4.69. The molecule has 0 aliphatic rings. The van der Waals surface area contributed by atoms with Crippen molar-refractivity contribution >= 4 is 5.91 Å². The Labute approximate surface area is 108 Å². The van der Waals surface area contributed by atoms with Crippen LogP contribution >= 0.6 is 0 Å². The number of amides is 1. The Bertz CT molecular complexity index is 404. The Hall–Kier alpha value is -1.76. The molecule has 0 unspecified atom stereocenters. The second kappa shape index (κ2) is 6.98. The average Bonchev–Trinajstić information content (AvgIpc) is 2.33. The number of ether oxygens (including phenoxy) is 1. The fraction of sp³-hybridized carbons (Fsp3) is 0.417. The number of nitrogens with one attached hydrogen (secondary N) is 1. The summed E-state index contributed by atoms with van der Waals surface area (Å²) in [5.41, 5.74) is 5.99. The SMILES string of the molecule is NCCNC(=O)CCc1ccc(OC(F)(F)F)cc1. The van der Waals surface area contributed by atoms with Crippen LogP contribution in [0.4, 0.5) is 13.2 Å². The molecule has 0 spiro atoms. The van der Waals surface area contributed by atoms with Crippen molar-refractivity contribution in [1.82, 2.24) is 5.32 Å². The quantitative estimate of drug-likeness (QED) is 0.829. The molecule has 0 bridgehead atoms. The predicted molar refractivity (Wildman–Crippen MR) is 63.5 cm³/mol. The molecule has 19 heavy (non-hydrogen) atoms. The van der Waals surface area contributed by atoms with Gasteiger partial charge in [0.1, 0.15) is 5.75 Å². The maximum Gasteiger partial charge on any atom is 0.573 e. The highest BCUT2D eigenvalue weighted by molar-refractivity contribution is 5.76. The first-order valence-electron chi connectivity index (χ1n) is 5.72. The summed E-state index contributed by atoms with van der Waals surface area (Å²) in [5, 5.41) is 2.61. The van der Waals surface area contributed by atoms with Crippen molar-refractivity contribution in [3.05, 3.63) is 29.8 Å². The molecule has 106 valence electrons. The van der Waals surface area contributed by atoms with E-state index in [1.807, 2.05) is 0 Å². The molecule has 1 aromatic carbocycles. The first-order valence-corrected chi connectivity index (χ1v) is 5.72. The van der Waals surface area contributed by atoms with Crippen LogP contribution < -0.4 is 15.8 Å². The molecule has 0 atom stereocenters. The van der Waals surface area contributed by atoms with Gasteiger partial charge in [-0.25, -0.2) is 0 Å². The Morgan fingerprint density at radius 1 is 1.26 bits per heavy atom. The molecule has 0 saturated carbocycles. The number of aryl methyl sites for hydroxylation is 1. The van der Waals surface area contributed by atoms with Gasteiger partial charge in [-0.15, -0.1) is 13.2 Å². The van der Waals surface area contributed by atoms with Gasteiger partial charge >= 0.3 is 6.36 Å². The van der Waals surface area contributed by atoms with Gasteiger partial charge in [0.2, 0.25) is 5.91 Å². The van der Waals surface area contributed by atoms with Crippen LogP contribution in [0.2, 0.25) is 0 Å². The number of hydrogen-bond acceptors (Lipinski definition) is 3.